The van der Waals surface area contributed by atoms with Gasteiger partial charge in [-0.15, -0.1) is 11.3 Å². The molecule has 114 valence electrons. The van der Waals surface area contributed by atoms with Crippen LogP contribution >= 0.6 is 11.3 Å². The third-order valence-corrected chi connectivity index (χ3v) is 4.97. The van der Waals surface area contributed by atoms with Gasteiger partial charge in [-0.05, 0) is 39.3 Å². The van der Waals surface area contributed by atoms with E-state index in [1.807, 2.05) is 11.3 Å². The van der Waals surface area contributed by atoms with E-state index >= 15 is 0 Å². The maximum Gasteiger partial charge on any atom is 0.107 e. The molecule has 2 heterocycles. The fourth-order valence-corrected chi connectivity index (χ4v) is 3.50. The van der Waals surface area contributed by atoms with Crippen LogP contribution in [0.1, 0.15) is 48.7 Å². The fourth-order valence-electron chi connectivity index (χ4n) is 2.44. The Hall–Kier alpha value is -0.490. The van der Waals surface area contributed by atoms with E-state index in [2.05, 4.69) is 24.1 Å². The summed E-state index contributed by atoms with van der Waals surface area (Å²) in [5.74, 6) is 0. The molecule has 1 atom stereocenters. The second kappa shape index (κ2) is 8.08. The first kappa shape index (κ1) is 15.9. The van der Waals surface area contributed by atoms with E-state index in [1.165, 1.54) is 35.8 Å². The van der Waals surface area contributed by atoms with Gasteiger partial charge in [-0.3, -0.25) is 4.90 Å². The number of hydrogen-bond acceptors (Lipinski definition) is 5. The number of ether oxygens (including phenoxy) is 1. The standard InChI is InChI=1S/C15H27N3OS/c1-4-12(2)16-9-14-13(11-19-3)17-15(20-14)10-18-7-5-6-8-18/h12,16H,4-11H2,1-3H3. The van der Waals surface area contributed by atoms with E-state index in [-0.39, 0.29) is 0 Å². The summed E-state index contributed by atoms with van der Waals surface area (Å²) in [6.07, 6.45) is 3.82. The zero-order valence-corrected chi connectivity index (χ0v) is 13.8. The number of likely N-dealkylation sites (tertiary alicyclic amines) is 1. The first-order valence-corrected chi connectivity index (χ1v) is 8.46. The highest BCUT2D eigenvalue weighted by molar-refractivity contribution is 7.11. The van der Waals surface area contributed by atoms with Gasteiger partial charge in [0.05, 0.1) is 18.8 Å². The Morgan fingerprint density at radius 1 is 1.40 bits per heavy atom. The van der Waals surface area contributed by atoms with E-state index in [4.69, 9.17) is 9.72 Å². The Balaban J connectivity index is 1.98. The molecule has 0 aromatic carbocycles. The maximum atomic E-state index is 5.29. The number of thiazole rings is 1. The van der Waals surface area contributed by atoms with E-state index < -0.39 is 0 Å². The summed E-state index contributed by atoms with van der Waals surface area (Å²) in [4.78, 5) is 8.61. The molecule has 1 aromatic heterocycles. The number of methoxy groups -OCH3 is 1. The van der Waals surface area contributed by atoms with Crippen LogP contribution in [-0.4, -0.2) is 36.1 Å². The molecular weight excluding hydrogens is 270 g/mol. The van der Waals surface area contributed by atoms with Crippen LogP contribution in [0.2, 0.25) is 0 Å². The lowest BCUT2D eigenvalue weighted by molar-refractivity contribution is 0.181. The van der Waals surface area contributed by atoms with Crippen molar-refractivity contribution in [3.8, 4) is 0 Å². The third-order valence-electron chi connectivity index (χ3n) is 3.88. The van der Waals surface area contributed by atoms with Gasteiger partial charge in [0.15, 0.2) is 0 Å². The van der Waals surface area contributed by atoms with Crippen LogP contribution in [0.25, 0.3) is 0 Å². The molecule has 0 bridgehead atoms. The summed E-state index contributed by atoms with van der Waals surface area (Å²) in [6, 6.07) is 0.550. The monoisotopic (exact) mass is 297 g/mol. The van der Waals surface area contributed by atoms with Crippen molar-refractivity contribution in [1.82, 2.24) is 15.2 Å². The predicted octanol–water partition coefficient (Wildman–Crippen LogP) is 2.77. The van der Waals surface area contributed by atoms with Gasteiger partial charge >= 0.3 is 0 Å². The molecule has 0 radical (unpaired) electrons. The van der Waals surface area contributed by atoms with E-state index in [0.29, 0.717) is 12.6 Å². The smallest absolute Gasteiger partial charge is 0.107 e. The number of nitrogens with one attached hydrogen (secondary N) is 1. The second-order valence-electron chi connectivity index (χ2n) is 5.58. The van der Waals surface area contributed by atoms with Crippen molar-refractivity contribution in [2.24, 2.45) is 0 Å². The van der Waals surface area contributed by atoms with Crippen molar-refractivity contribution in [2.75, 3.05) is 20.2 Å². The van der Waals surface area contributed by atoms with Crippen molar-refractivity contribution in [3.05, 3.63) is 15.6 Å². The zero-order valence-electron chi connectivity index (χ0n) is 12.9. The van der Waals surface area contributed by atoms with Crippen molar-refractivity contribution in [3.63, 3.8) is 0 Å². The van der Waals surface area contributed by atoms with Crippen molar-refractivity contribution in [1.29, 1.82) is 0 Å². The Morgan fingerprint density at radius 2 is 2.15 bits per heavy atom. The van der Waals surface area contributed by atoms with Crippen molar-refractivity contribution < 1.29 is 4.74 Å². The molecule has 0 aliphatic carbocycles. The first-order chi connectivity index (χ1) is 9.72. The Morgan fingerprint density at radius 3 is 2.80 bits per heavy atom. The average Bonchev–Trinajstić information content (AvgIpc) is 3.07. The van der Waals surface area contributed by atoms with Gasteiger partial charge in [0.1, 0.15) is 5.01 Å². The molecule has 0 saturated carbocycles. The van der Waals surface area contributed by atoms with Gasteiger partial charge in [0.2, 0.25) is 0 Å². The maximum absolute atomic E-state index is 5.29. The third kappa shape index (κ3) is 4.52. The van der Waals surface area contributed by atoms with Gasteiger partial charge in [0.25, 0.3) is 0 Å². The quantitative estimate of drug-likeness (QED) is 0.800. The number of aromatic nitrogens is 1. The highest BCUT2D eigenvalue weighted by Crippen LogP contribution is 2.22. The predicted molar refractivity (Wildman–Crippen MR) is 83.9 cm³/mol. The van der Waals surface area contributed by atoms with E-state index in [0.717, 1.165) is 25.2 Å². The summed E-state index contributed by atoms with van der Waals surface area (Å²) >= 11 is 1.84. The van der Waals surface area contributed by atoms with Crippen LogP contribution in [-0.2, 0) is 24.4 Å². The summed E-state index contributed by atoms with van der Waals surface area (Å²) in [5, 5.41) is 4.79. The summed E-state index contributed by atoms with van der Waals surface area (Å²) < 4.78 is 5.29. The lowest BCUT2D eigenvalue weighted by Gasteiger charge is -2.11. The molecule has 20 heavy (non-hydrogen) atoms. The lowest BCUT2D eigenvalue weighted by atomic mass is 10.2. The molecule has 1 N–H and O–H groups in total. The molecular formula is C15H27N3OS. The van der Waals surface area contributed by atoms with Gasteiger partial charge in [-0.25, -0.2) is 4.98 Å². The minimum atomic E-state index is 0.550. The Kier molecular flexibility index (Phi) is 6.42. The number of rotatable bonds is 8. The fraction of sp³-hybridized carbons (Fsp3) is 0.800. The first-order valence-electron chi connectivity index (χ1n) is 7.65. The molecule has 4 nitrogen and oxygen atoms in total. The van der Waals surface area contributed by atoms with Gasteiger partial charge in [-0.2, -0.15) is 0 Å². The van der Waals surface area contributed by atoms with Gasteiger partial charge < -0.3 is 10.1 Å². The highest BCUT2D eigenvalue weighted by Gasteiger charge is 2.16. The van der Waals surface area contributed by atoms with Gasteiger partial charge in [0, 0.05) is 24.6 Å². The molecule has 1 unspecified atom stereocenters. The average molecular weight is 297 g/mol. The summed E-state index contributed by atoms with van der Waals surface area (Å²) in [7, 11) is 1.74. The SMILES string of the molecule is CCC(C)NCc1sc(CN2CCCC2)nc1COC. The summed E-state index contributed by atoms with van der Waals surface area (Å²) in [6.45, 7) is 9.41. The molecule has 5 heteroatoms. The number of nitrogens with zero attached hydrogens (tertiary/aromatic N) is 2. The molecule has 2 rings (SSSR count). The van der Waals surface area contributed by atoms with Crippen LogP contribution in [0.15, 0.2) is 0 Å². The van der Waals surface area contributed by atoms with Crippen LogP contribution in [0.4, 0.5) is 0 Å². The summed E-state index contributed by atoms with van der Waals surface area (Å²) in [5.41, 5.74) is 1.11. The molecule has 1 aromatic rings. The molecule has 1 fully saturated rings. The number of hydrogen-bond donors (Lipinski definition) is 1. The lowest BCUT2D eigenvalue weighted by Crippen LogP contribution is -2.24. The zero-order chi connectivity index (χ0) is 14.4. The normalized spacial score (nSPS) is 17.8. The molecule has 1 aliphatic rings. The largest absolute Gasteiger partial charge is 0.378 e. The second-order valence-corrected chi connectivity index (χ2v) is 6.75. The van der Waals surface area contributed by atoms with Crippen LogP contribution in [0.5, 0.6) is 0 Å². The molecule has 0 amide bonds. The van der Waals surface area contributed by atoms with Crippen LogP contribution < -0.4 is 5.32 Å². The Labute approximate surface area is 126 Å². The topological polar surface area (TPSA) is 37.4 Å². The van der Waals surface area contributed by atoms with Crippen LogP contribution in [0, 0.1) is 0 Å². The minimum absolute atomic E-state index is 0.550. The molecule has 0 spiro atoms. The Bertz CT molecular complexity index is 402. The van der Waals surface area contributed by atoms with E-state index in [1.54, 1.807) is 7.11 Å². The van der Waals surface area contributed by atoms with Crippen molar-refractivity contribution in [2.45, 2.75) is 58.8 Å². The van der Waals surface area contributed by atoms with Crippen LogP contribution in [0.3, 0.4) is 0 Å². The molecule has 1 saturated heterocycles. The minimum Gasteiger partial charge on any atom is -0.378 e. The van der Waals surface area contributed by atoms with Crippen molar-refractivity contribution >= 4 is 11.3 Å². The van der Waals surface area contributed by atoms with E-state index in [9.17, 15) is 0 Å². The highest BCUT2D eigenvalue weighted by atomic mass is 32.1. The van der Waals surface area contributed by atoms with Gasteiger partial charge in [-0.1, -0.05) is 6.92 Å². The molecule has 1 aliphatic heterocycles.